The van der Waals surface area contributed by atoms with E-state index in [9.17, 15) is 0 Å². The molecular weight excluding hydrogens is 324 g/mol. The van der Waals surface area contributed by atoms with E-state index >= 15 is 0 Å². The Morgan fingerprint density at radius 2 is 1.07 bits per heavy atom. The second kappa shape index (κ2) is 7.63. The van der Waals surface area contributed by atoms with Crippen molar-refractivity contribution < 1.29 is 0 Å². The van der Waals surface area contributed by atoms with E-state index in [1.165, 1.54) is 44.5 Å². The first-order valence-corrected chi connectivity index (χ1v) is 9.50. The average Bonchev–Trinajstić information content (AvgIpc) is 2.70. The highest BCUT2D eigenvalue weighted by Crippen LogP contribution is 2.31. The quantitative estimate of drug-likeness (QED) is 0.365. The fourth-order valence-electron chi connectivity index (χ4n) is 3.66. The van der Waals surface area contributed by atoms with E-state index in [0.717, 1.165) is 6.42 Å². The summed E-state index contributed by atoms with van der Waals surface area (Å²) in [6, 6.07) is 35.1. The predicted molar refractivity (Wildman–Crippen MR) is 116 cm³/mol. The summed E-state index contributed by atoms with van der Waals surface area (Å²) in [5.74, 6) is 0. The largest absolute Gasteiger partial charge is 0.0622 e. The first-order chi connectivity index (χ1) is 13.2. The molecule has 0 saturated carbocycles. The van der Waals surface area contributed by atoms with E-state index < -0.39 is 0 Å². The first kappa shape index (κ1) is 17.3. The summed E-state index contributed by atoms with van der Waals surface area (Å²) in [7, 11) is 0. The van der Waals surface area contributed by atoms with Crippen LogP contribution in [0.3, 0.4) is 0 Å². The number of aryl methyl sites for hydroxylation is 2. The normalized spacial score (nSPS) is 10.7. The van der Waals surface area contributed by atoms with Gasteiger partial charge in [0.2, 0.25) is 0 Å². The van der Waals surface area contributed by atoms with E-state index in [1.807, 2.05) is 0 Å². The molecule has 0 heteroatoms. The third kappa shape index (κ3) is 3.85. The molecular formula is C27H24. The molecule has 0 unspecified atom stereocenters. The fourth-order valence-corrected chi connectivity index (χ4v) is 3.66. The molecule has 0 fully saturated rings. The molecule has 4 aromatic rings. The Morgan fingerprint density at radius 3 is 1.85 bits per heavy atom. The van der Waals surface area contributed by atoms with E-state index in [0.29, 0.717) is 0 Å². The molecule has 0 aromatic heterocycles. The lowest BCUT2D eigenvalue weighted by atomic mass is 9.90. The Labute approximate surface area is 162 Å². The van der Waals surface area contributed by atoms with Crippen molar-refractivity contribution in [1.29, 1.82) is 0 Å². The molecule has 0 nitrogen and oxygen atoms in total. The van der Waals surface area contributed by atoms with Crippen molar-refractivity contribution >= 4 is 0 Å². The molecule has 0 N–H and O–H groups in total. The second-order valence-electron chi connectivity index (χ2n) is 7.23. The van der Waals surface area contributed by atoms with Crippen LogP contribution in [-0.4, -0.2) is 0 Å². The standard InChI is InChI=1S/C27H24/c1-20-12-15-23(16-13-20)27-17-14-21(2)18-25(27)19-24-10-6-7-11-26(24)22-8-4-3-5-9-22/h3-18H,19H2,1-2H3. The summed E-state index contributed by atoms with van der Waals surface area (Å²) in [5, 5.41) is 0. The van der Waals surface area contributed by atoms with Gasteiger partial charge in [-0.1, -0.05) is 108 Å². The summed E-state index contributed by atoms with van der Waals surface area (Å²) < 4.78 is 0. The van der Waals surface area contributed by atoms with Gasteiger partial charge in [-0.25, -0.2) is 0 Å². The van der Waals surface area contributed by atoms with Crippen LogP contribution < -0.4 is 0 Å². The second-order valence-corrected chi connectivity index (χ2v) is 7.23. The molecule has 0 bridgehead atoms. The SMILES string of the molecule is Cc1ccc(-c2ccc(C)cc2Cc2ccccc2-c2ccccc2)cc1. The van der Waals surface area contributed by atoms with E-state index in [4.69, 9.17) is 0 Å². The van der Waals surface area contributed by atoms with Gasteiger partial charge in [-0.15, -0.1) is 0 Å². The van der Waals surface area contributed by atoms with Crippen LogP contribution in [-0.2, 0) is 6.42 Å². The van der Waals surface area contributed by atoms with Crippen LogP contribution in [0, 0.1) is 13.8 Å². The molecule has 0 aliphatic heterocycles. The molecule has 0 amide bonds. The minimum Gasteiger partial charge on any atom is -0.0622 e. The van der Waals surface area contributed by atoms with Crippen molar-refractivity contribution in [2.75, 3.05) is 0 Å². The maximum absolute atomic E-state index is 2.33. The smallest absolute Gasteiger partial charge is 0.00134 e. The van der Waals surface area contributed by atoms with Gasteiger partial charge in [0.1, 0.15) is 0 Å². The summed E-state index contributed by atoms with van der Waals surface area (Å²) in [4.78, 5) is 0. The fraction of sp³-hybridized carbons (Fsp3) is 0.111. The molecule has 0 spiro atoms. The molecule has 27 heavy (non-hydrogen) atoms. The van der Waals surface area contributed by atoms with Crippen LogP contribution in [0.25, 0.3) is 22.3 Å². The average molecular weight is 348 g/mol. The molecule has 4 aromatic carbocycles. The first-order valence-electron chi connectivity index (χ1n) is 9.50. The van der Waals surface area contributed by atoms with Gasteiger partial charge in [0.05, 0.1) is 0 Å². The van der Waals surface area contributed by atoms with Crippen LogP contribution in [0.1, 0.15) is 22.3 Å². The Hall–Kier alpha value is -3.12. The van der Waals surface area contributed by atoms with Crippen LogP contribution in [0.5, 0.6) is 0 Å². The molecule has 0 saturated heterocycles. The van der Waals surface area contributed by atoms with E-state index in [-0.39, 0.29) is 0 Å². The van der Waals surface area contributed by atoms with E-state index in [1.54, 1.807) is 0 Å². The monoisotopic (exact) mass is 348 g/mol. The lowest BCUT2D eigenvalue weighted by Crippen LogP contribution is -1.96. The van der Waals surface area contributed by atoms with Crippen molar-refractivity contribution in [2.45, 2.75) is 20.3 Å². The lowest BCUT2D eigenvalue weighted by Gasteiger charge is -2.15. The zero-order chi connectivity index (χ0) is 18.6. The third-order valence-electron chi connectivity index (χ3n) is 5.11. The summed E-state index contributed by atoms with van der Waals surface area (Å²) in [6.07, 6.45) is 0.927. The molecule has 4 rings (SSSR count). The van der Waals surface area contributed by atoms with Gasteiger partial charge >= 0.3 is 0 Å². The number of hydrogen-bond acceptors (Lipinski definition) is 0. The molecule has 0 aliphatic rings. The van der Waals surface area contributed by atoms with E-state index in [2.05, 4.69) is 111 Å². The van der Waals surface area contributed by atoms with Crippen molar-refractivity contribution in [3.8, 4) is 22.3 Å². The van der Waals surface area contributed by atoms with Crippen molar-refractivity contribution in [3.05, 3.63) is 119 Å². The molecule has 0 atom stereocenters. The van der Waals surface area contributed by atoms with Gasteiger partial charge < -0.3 is 0 Å². The number of rotatable bonds is 4. The molecule has 0 radical (unpaired) electrons. The zero-order valence-corrected chi connectivity index (χ0v) is 15.9. The Morgan fingerprint density at radius 1 is 0.481 bits per heavy atom. The van der Waals surface area contributed by atoms with Crippen LogP contribution >= 0.6 is 0 Å². The zero-order valence-electron chi connectivity index (χ0n) is 15.9. The Kier molecular flexibility index (Phi) is 4.89. The van der Waals surface area contributed by atoms with Gasteiger partial charge in [0, 0.05) is 0 Å². The summed E-state index contributed by atoms with van der Waals surface area (Å²) in [5.41, 5.74) is 10.5. The summed E-state index contributed by atoms with van der Waals surface area (Å²) in [6.45, 7) is 4.31. The Balaban J connectivity index is 1.78. The lowest BCUT2D eigenvalue weighted by molar-refractivity contribution is 1.18. The van der Waals surface area contributed by atoms with Crippen molar-refractivity contribution in [3.63, 3.8) is 0 Å². The Bertz CT molecular complexity index is 1040. The predicted octanol–water partition coefficient (Wildman–Crippen LogP) is 7.23. The molecule has 0 aliphatic carbocycles. The van der Waals surface area contributed by atoms with Gasteiger partial charge in [-0.3, -0.25) is 0 Å². The molecule has 132 valence electrons. The van der Waals surface area contributed by atoms with Gasteiger partial charge in [-0.2, -0.15) is 0 Å². The van der Waals surface area contributed by atoms with Crippen LogP contribution in [0.15, 0.2) is 97.1 Å². The van der Waals surface area contributed by atoms with Crippen molar-refractivity contribution in [1.82, 2.24) is 0 Å². The highest BCUT2D eigenvalue weighted by molar-refractivity contribution is 5.72. The summed E-state index contributed by atoms with van der Waals surface area (Å²) >= 11 is 0. The minimum absolute atomic E-state index is 0.927. The topological polar surface area (TPSA) is 0 Å². The van der Waals surface area contributed by atoms with Crippen LogP contribution in [0.4, 0.5) is 0 Å². The number of benzene rings is 4. The number of hydrogen-bond donors (Lipinski definition) is 0. The third-order valence-corrected chi connectivity index (χ3v) is 5.11. The van der Waals surface area contributed by atoms with Gasteiger partial charge in [0.15, 0.2) is 0 Å². The maximum atomic E-state index is 2.33. The highest BCUT2D eigenvalue weighted by Gasteiger charge is 2.10. The van der Waals surface area contributed by atoms with Crippen molar-refractivity contribution in [2.24, 2.45) is 0 Å². The van der Waals surface area contributed by atoms with Crippen LogP contribution in [0.2, 0.25) is 0 Å². The maximum Gasteiger partial charge on any atom is -0.00134 e. The minimum atomic E-state index is 0.927. The highest BCUT2D eigenvalue weighted by atomic mass is 14.1. The molecule has 0 heterocycles. The van der Waals surface area contributed by atoms with Gasteiger partial charge in [-0.05, 0) is 53.6 Å². The van der Waals surface area contributed by atoms with Gasteiger partial charge in [0.25, 0.3) is 0 Å².